The van der Waals surface area contributed by atoms with Crippen LogP contribution in [0.3, 0.4) is 0 Å². The zero-order chi connectivity index (χ0) is 10.5. The Bertz CT molecular complexity index is 427. The van der Waals surface area contributed by atoms with Crippen LogP contribution in [0.25, 0.3) is 0 Å². The molecule has 0 amide bonds. The lowest BCUT2D eigenvalue weighted by Gasteiger charge is -2.22. The van der Waals surface area contributed by atoms with Crippen molar-refractivity contribution in [1.29, 1.82) is 0 Å². The first-order chi connectivity index (χ1) is 7.22. The quantitative estimate of drug-likeness (QED) is 0.708. The Morgan fingerprint density at radius 2 is 1.67 bits per heavy atom. The van der Waals surface area contributed by atoms with E-state index in [9.17, 15) is 0 Å². The minimum absolute atomic E-state index is 0.209. The molecule has 0 radical (unpaired) electrons. The van der Waals surface area contributed by atoms with E-state index in [4.69, 9.17) is 6.42 Å². The van der Waals surface area contributed by atoms with E-state index in [0.717, 1.165) is 4.47 Å². The van der Waals surface area contributed by atoms with Gasteiger partial charge in [0.2, 0.25) is 0 Å². The van der Waals surface area contributed by atoms with Crippen LogP contribution < -0.4 is 0 Å². The summed E-state index contributed by atoms with van der Waals surface area (Å²) in [5.41, 5.74) is 1.99. The Balaban J connectivity index is 2.01. The van der Waals surface area contributed by atoms with Crippen molar-refractivity contribution in [3.05, 3.63) is 34.3 Å². The molecule has 2 aliphatic carbocycles. The van der Waals surface area contributed by atoms with Gasteiger partial charge in [0.25, 0.3) is 0 Å². The van der Waals surface area contributed by atoms with Gasteiger partial charge >= 0.3 is 0 Å². The predicted molar refractivity (Wildman–Crippen MR) is 65.6 cm³/mol. The van der Waals surface area contributed by atoms with Gasteiger partial charge in [0.05, 0.1) is 0 Å². The first-order valence-electron chi connectivity index (χ1n) is 5.46. The number of hydrogen-bond donors (Lipinski definition) is 0. The highest BCUT2D eigenvalue weighted by Crippen LogP contribution is 2.70. The molecule has 0 heterocycles. The van der Waals surface area contributed by atoms with Gasteiger partial charge < -0.3 is 0 Å². The summed E-state index contributed by atoms with van der Waals surface area (Å²) < 4.78 is 1.15. The number of halogens is 1. The Morgan fingerprint density at radius 1 is 1.07 bits per heavy atom. The predicted octanol–water partition coefficient (Wildman–Crippen LogP) is 3.89. The lowest BCUT2D eigenvalue weighted by molar-refractivity contribution is 0.490. The smallest absolute Gasteiger partial charge is 0.0409 e. The molecule has 2 aliphatic rings. The fourth-order valence-electron chi connectivity index (χ4n) is 2.82. The molecule has 0 nitrogen and oxygen atoms in total. The molecule has 1 aromatic carbocycles. The van der Waals surface area contributed by atoms with Crippen molar-refractivity contribution in [3.63, 3.8) is 0 Å². The molecule has 3 rings (SSSR count). The Kier molecular flexibility index (Phi) is 1.83. The zero-order valence-electron chi connectivity index (χ0n) is 8.59. The van der Waals surface area contributed by atoms with Gasteiger partial charge in [0.1, 0.15) is 0 Å². The molecule has 0 saturated heterocycles. The lowest BCUT2D eigenvalue weighted by Crippen LogP contribution is -2.20. The monoisotopic (exact) mass is 260 g/mol. The van der Waals surface area contributed by atoms with Crippen LogP contribution in [-0.2, 0) is 5.41 Å². The van der Waals surface area contributed by atoms with E-state index in [1.165, 1.54) is 31.2 Å². The van der Waals surface area contributed by atoms with Crippen LogP contribution in [0.2, 0.25) is 0 Å². The van der Waals surface area contributed by atoms with Gasteiger partial charge in [-0.1, -0.05) is 34.0 Å². The molecule has 0 aromatic heterocycles. The molecule has 1 heteroatoms. The average Bonchev–Trinajstić information content (AvgIpc) is 3.13. The van der Waals surface area contributed by atoms with E-state index in [0.29, 0.717) is 5.41 Å². The summed E-state index contributed by atoms with van der Waals surface area (Å²) in [6.07, 6.45) is 10.7. The van der Waals surface area contributed by atoms with Gasteiger partial charge in [0.15, 0.2) is 0 Å². The van der Waals surface area contributed by atoms with Crippen LogP contribution in [-0.4, -0.2) is 0 Å². The van der Waals surface area contributed by atoms with Gasteiger partial charge in [-0.3, -0.25) is 0 Å². The largest absolute Gasteiger partial charge is 0.119 e. The second-order valence-corrected chi connectivity index (χ2v) is 5.73. The van der Waals surface area contributed by atoms with Gasteiger partial charge in [-0.2, -0.15) is 0 Å². The number of hydrogen-bond acceptors (Lipinski definition) is 0. The minimum Gasteiger partial charge on any atom is -0.119 e. The van der Waals surface area contributed by atoms with Crippen molar-refractivity contribution in [1.82, 2.24) is 0 Å². The molecule has 0 N–H and O–H groups in total. The normalized spacial score (nSPS) is 24.3. The summed E-state index contributed by atoms with van der Waals surface area (Å²) in [5.74, 6) is 3.06. The third-order valence-corrected chi connectivity index (χ3v) is 4.62. The highest BCUT2D eigenvalue weighted by atomic mass is 79.9. The van der Waals surface area contributed by atoms with E-state index in [-0.39, 0.29) is 5.41 Å². The molecule has 2 saturated carbocycles. The van der Waals surface area contributed by atoms with Gasteiger partial charge in [-0.15, -0.1) is 6.42 Å². The van der Waals surface area contributed by atoms with Gasteiger partial charge in [-0.25, -0.2) is 0 Å². The fraction of sp³-hybridized carbons (Fsp3) is 0.429. The number of benzene rings is 1. The summed E-state index contributed by atoms with van der Waals surface area (Å²) in [5, 5.41) is 0. The Morgan fingerprint density at radius 3 is 2.07 bits per heavy atom. The van der Waals surface area contributed by atoms with Crippen LogP contribution in [0.1, 0.15) is 31.2 Å². The average molecular weight is 261 g/mol. The number of terminal acetylenes is 1. The van der Waals surface area contributed by atoms with Crippen molar-refractivity contribution >= 4 is 15.9 Å². The van der Waals surface area contributed by atoms with Crippen molar-refractivity contribution in [3.8, 4) is 12.3 Å². The summed E-state index contributed by atoms with van der Waals surface area (Å²) >= 11 is 3.48. The first kappa shape index (κ1) is 9.48. The maximum atomic E-state index is 5.70. The summed E-state index contributed by atoms with van der Waals surface area (Å²) in [7, 11) is 0. The van der Waals surface area contributed by atoms with Gasteiger partial charge in [-0.05, 0) is 43.4 Å². The SMILES string of the molecule is C#CC1(C2(c3ccc(Br)cc3)CC2)CC1. The Labute approximate surface area is 99.2 Å². The second-order valence-electron chi connectivity index (χ2n) is 4.82. The summed E-state index contributed by atoms with van der Waals surface area (Å²) in [6, 6.07) is 8.72. The molecular formula is C14H13Br. The maximum Gasteiger partial charge on any atom is 0.0409 e. The fourth-order valence-corrected chi connectivity index (χ4v) is 3.09. The van der Waals surface area contributed by atoms with Crippen LogP contribution >= 0.6 is 15.9 Å². The third-order valence-electron chi connectivity index (χ3n) is 4.09. The summed E-state index contributed by atoms with van der Waals surface area (Å²) in [4.78, 5) is 0. The third kappa shape index (κ3) is 1.21. The molecule has 15 heavy (non-hydrogen) atoms. The molecule has 0 spiro atoms. The van der Waals surface area contributed by atoms with E-state index < -0.39 is 0 Å². The second kappa shape index (κ2) is 2.89. The molecule has 76 valence electrons. The molecule has 0 aliphatic heterocycles. The molecule has 2 fully saturated rings. The molecule has 0 atom stereocenters. The highest BCUT2D eigenvalue weighted by molar-refractivity contribution is 9.10. The van der Waals surface area contributed by atoms with E-state index in [2.05, 4.69) is 46.1 Å². The van der Waals surface area contributed by atoms with E-state index in [1.807, 2.05) is 0 Å². The maximum absolute atomic E-state index is 5.70. The van der Waals surface area contributed by atoms with Crippen LogP contribution in [0, 0.1) is 17.8 Å². The molecule has 0 bridgehead atoms. The van der Waals surface area contributed by atoms with Gasteiger partial charge in [0, 0.05) is 15.3 Å². The van der Waals surface area contributed by atoms with Crippen molar-refractivity contribution in [2.24, 2.45) is 5.41 Å². The number of rotatable bonds is 2. The van der Waals surface area contributed by atoms with Crippen LogP contribution in [0.5, 0.6) is 0 Å². The van der Waals surface area contributed by atoms with Crippen LogP contribution in [0.4, 0.5) is 0 Å². The molecule has 1 aromatic rings. The lowest BCUT2D eigenvalue weighted by atomic mass is 9.80. The minimum atomic E-state index is 0.209. The molecule has 0 unspecified atom stereocenters. The van der Waals surface area contributed by atoms with Crippen molar-refractivity contribution in [2.75, 3.05) is 0 Å². The van der Waals surface area contributed by atoms with Crippen molar-refractivity contribution in [2.45, 2.75) is 31.1 Å². The van der Waals surface area contributed by atoms with E-state index in [1.54, 1.807) is 0 Å². The van der Waals surface area contributed by atoms with Crippen molar-refractivity contribution < 1.29 is 0 Å². The highest BCUT2D eigenvalue weighted by Gasteiger charge is 2.65. The zero-order valence-corrected chi connectivity index (χ0v) is 10.2. The van der Waals surface area contributed by atoms with E-state index >= 15 is 0 Å². The molecular weight excluding hydrogens is 248 g/mol. The topological polar surface area (TPSA) is 0 Å². The van der Waals surface area contributed by atoms with Crippen LogP contribution in [0.15, 0.2) is 28.7 Å². The Hall–Kier alpha value is -0.740. The standard InChI is InChI=1S/C14H13Br/c1-2-13(7-8-13)14(9-10-14)11-3-5-12(15)6-4-11/h1,3-6H,7-10H2. The first-order valence-corrected chi connectivity index (χ1v) is 6.26. The summed E-state index contributed by atoms with van der Waals surface area (Å²) in [6.45, 7) is 0.